The summed E-state index contributed by atoms with van der Waals surface area (Å²) in [4.78, 5) is 46.9. The smallest absolute Gasteiger partial charge is 0.301 e. The minimum absolute atomic E-state index is 0.156. The van der Waals surface area contributed by atoms with Gasteiger partial charge in [0.2, 0.25) is 0 Å². The number of Topliss-reactive ketones (excluding diaryl/α,β-unsaturated/α-hetero) is 1. The highest BCUT2D eigenvalue weighted by molar-refractivity contribution is 7.22. The summed E-state index contributed by atoms with van der Waals surface area (Å²) >= 11 is 1.22. The lowest BCUT2D eigenvalue weighted by Gasteiger charge is -2.22. The number of hydrogen-bond donors (Lipinski definition) is 1. The van der Waals surface area contributed by atoms with E-state index in [9.17, 15) is 24.8 Å². The normalized spacial score (nSPS) is 17.0. The Kier molecular flexibility index (Phi) is 5.90. The number of carbonyl (C=O) groups excluding carboxylic acids is 2. The van der Waals surface area contributed by atoms with Gasteiger partial charge in [0, 0.05) is 30.1 Å². The van der Waals surface area contributed by atoms with Crippen molar-refractivity contribution in [2.75, 3.05) is 11.5 Å². The van der Waals surface area contributed by atoms with E-state index in [1.54, 1.807) is 30.5 Å². The number of nitrogens with zero attached hydrogens (tertiary/aromatic N) is 4. The number of benzene rings is 2. The van der Waals surface area contributed by atoms with Crippen LogP contribution in [0.3, 0.4) is 0 Å². The molecule has 36 heavy (non-hydrogen) atoms. The molecule has 1 N–H and O–H groups in total. The van der Waals surface area contributed by atoms with Crippen LogP contribution in [-0.4, -0.2) is 38.3 Å². The van der Waals surface area contributed by atoms with Crippen molar-refractivity contribution < 1.29 is 24.4 Å². The summed E-state index contributed by atoms with van der Waals surface area (Å²) in [5, 5.41) is 22.4. The van der Waals surface area contributed by atoms with E-state index in [1.165, 1.54) is 46.7 Å². The molecule has 1 amide bonds. The summed E-state index contributed by atoms with van der Waals surface area (Å²) in [6.45, 7) is 2.37. The van der Waals surface area contributed by atoms with Gasteiger partial charge in [-0.3, -0.25) is 29.6 Å². The molecule has 5 rings (SSSR count). The van der Waals surface area contributed by atoms with Gasteiger partial charge in [-0.2, -0.15) is 0 Å². The molecule has 0 saturated carbocycles. The lowest BCUT2D eigenvalue weighted by molar-refractivity contribution is -0.384. The van der Waals surface area contributed by atoms with Crippen LogP contribution in [0.2, 0.25) is 0 Å². The zero-order valence-electron chi connectivity index (χ0n) is 18.8. The summed E-state index contributed by atoms with van der Waals surface area (Å²) < 4.78 is 6.31. The molecule has 1 atom stereocenters. The van der Waals surface area contributed by atoms with E-state index < -0.39 is 28.4 Å². The van der Waals surface area contributed by atoms with Crippen LogP contribution in [0.1, 0.15) is 24.1 Å². The summed E-state index contributed by atoms with van der Waals surface area (Å²) in [5.74, 6) is -1.53. The molecule has 1 aliphatic rings. The number of fused-ring (bicyclic) bond motifs is 1. The fraction of sp³-hybridized carbons (Fsp3) is 0.120. The van der Waals surface area contributed by atoms with E-state index in [2.05, 4.69) is 9.97 Å². The maximum Gasteiger partial charge on any atom is 0.301 e. The molecule has 0 aliphatic carbocycles. The Labute approximate surface area is 208 Å². The Morgan fingerprint density at radius 2 is 1.97 bits per heavy atom. The van der Waals surface area contributed by atoms with Crippen molar-refractivity contribution in [2.24, 2.45) is 0 Å². The average molecular weight is 503 g/mol. The maximum atomic E-state index is 13.3. The van der Waals surface area contributed by atoms with Crippen LogP contribution in [-0.2, 0) is 9.59 Å². The number of nitro benzene ring substituents is 1. The summed E-state index contributed by atoms with van der Waals surface area (Å²) in [5.41, 5.74) is 0.959. The number of anilines is 1. The molecule has 1 saturated heterocycles. The summed E-state index contributed by atoms with van der Waals surface area (Å²) in [6.07, 6.45) is 3.06. The maximum absolute atomic E-state index is 13.3. The SMILES string of the molecule is CCOc1ccc2nc(N3C(=O)C(=O)/C(=C(/O)c4ccc([N+](=O)[O-])cc4)C3c3cccnc3)sc2c1. The van der Waals surface area contributed by atoms with Gasteiger partial charge in [-0.1, -0.05) is 17.4 Å². The lowest BCUT2D eigenvalue weighted by Crippen LogP contribution is -2.29. The first-order valence-electron chi connectivity index (χ1n) is 10.9. The number of pyridine rings is 1. The van der Waals surface area contributed by atoms with Crippen LogP contribution in [0.15, 0.2) is 72.6 Å². The number of aromatic nitrogens is 2. The average Bonchev–Trinajstić information content (AvgIpc) is 3.42. The van der Waals surface area contributed by atoms with Gasteiger partial charge < -0.3 is 9.84 Å². The van der Waals surface area contributed by atoms with Crippen LogP contribution in [0.4, 0.5) is 10.8 Å². The summed E-state index contributed by atoms with van der Waals surface area (Å²) in [7, 11) is 0. The van der Waals surface area contributed by atoms with Gasteiger partial charge in [0.25, 0.3) is 11.5 Å². The van der Waals surface area contributed by atoms with Gasteiger partial charge in [0.15, 0.2) is 5.13 Å². The predicted octanol–water partition coefficient (Wildman–Crippen LogP) is 4.62. The van der Waals surface area contributed by atoms with Crippen molar-refractivity contribution in [3.05, 3.63) is 93.8 Å². The second-order valence-electron chi connectivity index (χ2n) is 7.82. The number of rotatable bonds is 6. The molecule has 1 aliphatic heterocycles. The Morgan fingerprint density at radius 1 is 1.19 bits per heavy atom. The molecule has 180 valence electrons. The van der Waals surface area contributed by atoms with E-state index in [-0.39, 0.29) is 22.0 Å². The van der Waals surface area contributed by atoms with Crippen molar-refractivity contribution in [3.8, 4) is 5.75 Å². The fourth-order valence-electron chi connectivity index (χ4n) is 4.03. The second kappa shape index (κ2) is 9.19. The van der Waals surface area contributed by atoms with E-state index in [1.807, 2.05) is 13.0 Å². The third-order valence-corrected chi connectivity index (χ3v) is 6.68. The van der Waals surface area contributed by atoms with Gasteiger partial charge in [0.1, 0.15) is 11.5 Å². The van der Waals surface area contributed by atoms with Crippen LogP contribution in [0.25, 0.3) is 16.0 Å². The molecule has 4 aromatic rings. The van der Waals surface area contributed by atoms with E-state index >= 15 is 0 Å². The molecule has 0 bridgehead atoms. The molecule has 11 heteroatoms. The molecule has 1 unspecified atom stereocenters. The third-order valence-electron chi connectivity index (χ3n) is 5.66. The van der Waals surface area contributed by atoms with Crippen molar-refractivity contribution in [1.29, 1.82) is 0 Å². The standard InChI is InChI=1S/C25H18N4O6S/c1-2-35-17-9-10-18-19(12-17)36-25(27-18)28-21(15-4-3-11-26-13-15)20(23(31)24(28)32)22(30)14-5-7-16(8-6-14)29(33)34/h3-13,21,30H,2H2,1H3/b22-20+. The molecular weight excluding hydrogens is 484 g/mol. The monoisotopic (exact) mass is 502 g/mol. The van der Waals surface area contributed by atoms with Gasteiger partial charge in [-0.15, -0.1) is 0 Å². The molecule has 2 aromatic heterocycles. The van der Waals surface area contributed by atoms with Crippen LogP contribution in [0, 0.1) is 10.1 Å². The number of aliphatic hydroxyl groups is 1. The highest BCUT2D eigenvalue weighted by atomic mass is 32.1. The number of non-ortho nitro benzene ring substituents is 1. The second-order valence-corrected chi connectivity index (χ2v) is 8.83. The van der Waals surface area contributed by atoms with Gasteiger partial charge in [-0.25, -0.2) is 4.98 Å². The molecule has 10 nitrogen and oxygen atoms in total. The van der Waals surface area contributed by atoms with Gasteiger partial charge in [-0.05, 0) is 48.9 Å². The van der Waals surface area contributed by atoms with Crippen LogP contribution in [0.5, 0.6) is 5.75 Å². The highest BCUT2D eigenvalue weighted by Crippen LogP contribution is 2.44. The van der Waals surface area contributed by atoms with Crippen LogP contribution >= 0.6 is 11.3 Å². The number of amides is 1. The van der Waals surface area contributed by atoms with Gasteiger partial charge in [0.05, 0.1) is 33.4 Å². The van der Waals surface area contributed by atoms with Crippen LogP contribution < -0.4 is 9.64 Å². The highest BCUT2D eigenvalue weighted by Gasteiger charge is 2.48. The number of thiazole rings is 1. The molecule has 0 spiro atoms. The number of ketones is 1. The number of nitro groups is 1. The summed E-state index contributed by atoms with van der Waals surface area (Å²) in [6, 6.07) is 12.8. The first-order chi connectivity index (χ1) is 17.4. The first-order valence-corrected chi connectivity index (χ1v) is 11.7. The Morgan fingerprint density at radius 3 is 2.64 bits per heavy atom. The molecular formula is C25H18N4O6S. The van der Waals surface area contributed by atoms with E-state index in [4.69, 9.17) is 4.74 Å². The molecule has 1 fully saturated rings. The topological polar surface area (TPSA) is 136 Å². The Hall–Kier alpha value is -4.64. The zero-order chi connectivity index (χ0) is 25.4. The van der Waals surface area contributed by atoms with Crippen molar-refractivity contribution in [1.82, 2.24) is 9.97 Å². The van der Waals surface area contributed by atoms with Crippen molar-refractivity contribution in [3.63, 3.8) is 0 Å². The minimum atomic E-state index is -0.999. The van der Waals surface area contributed by atoms with E-state index in [0.717, 1.165) is 4.70 Å². The number of ether oxygens (including phenoxy) is 1. The molecule has 3 heterocycles. The Bertz CT molecular complexity index is 1530. The van der Waals surface area contributed by atoms with Crippen molar-refractivity contribution >= 4 is 49.8 Å². The number of hydrogen-bond acceptors (Lipinski definition) is 9. The molecule has 0 radical (unpaired) electrons. The quantitative estimate of drug-likeness (QED) is 0.133. The Balaban J connectivity index is 1.66. The largest absolute Gasteiger partial charge is 0.507 e. The predicted molar refractivity (Wildman–Crippen MR) is 133 cm³/mol. The van der Waals surface area contributed by atoms with Gasteiger partial charge >= 0.3 is 5.91 Å². The minimum Gasteiger partial charge on any atom is -0.507 e. The lowest BCUT2D eigenvalue weighted by atomic mass is 9.96. The van der Waals surface area contributed by atoms with E-state index in [0.29, 0.717) is 23.4 Å². The number of aliphatic hydroxyl groups excluding tert-OH is 1. The number of carbonyl (C=O) groups is 2. The third kappa shape index (κ3) is 3.95. The molecule has 2 aromatic carbocycles. The van der Waals surface area contributed by atoms with Crippen molar-refractivity contribution in [2.45, 2.75) is 13.0 Å². The zero-order valence-corrected chi connectivity index (χ0v) is 19.6. The first kappa shape index (κ1) is 23.1. The fourth-order valence-corrected chi connectivity index (χ4v) is 5.05.